The molecular formula is C18H27NO4. The highest BCUT2D eigenvalue weighted by molar-refractivity contribution is 5.32. The molecule has 5 heteroatoms. The number of β-amino-alcohol motifs (C(OH)–C–C–N with tert-alkyl or cyclic N) is 1. The lowest BCUT2D eigenvalue weighted by Gasteiger charge is -2.39. The van der Waals surface area contributed by atoms with E-state index in [1.54, 1.807) is 0 Å². The third-order valence-corrected chi connectivity index (χ3v) is 5.18. The SMILES string of the molecule is OCC1c2ccccc2CCN1CC(O)CC1(O)CCOCC1. The Bertz CT molecular complexity index is 515. The van der Waals surface area contributed by atoms with Crippen molar-refractivity contribution in [1.29, 1.82) is 0 Å². The van der Waals surface area contributed by atoms with Crippen LogP contribution in [0.3, 0.4) is 0 Å². The van der Waals surface area contributed by atoms with E-state index < -0.39 is 11.7 Å². The molecule has 0 amide bonds. The number of rotatable bonds is 5. The summed E-state index contributed by atoms with van der Waals surface area (Å²) in [6.07, 6.45) is 1.86. The molecule has 2 aliphatic rings. The lowest BCUT2D eigenvalue weighted by Crippen LogP contribution is -2.45. The van der Waals surface area contributed by atoms with Crippen molar-refractivity contribution in [2.24, 2.45) is 0 Å². The van der Waals surface area contributed by atoms with Crippen LogP contribution in [0.1, 0.15) is 36.4 Å². The summed E-state index contributed by atoms with van der Waals surface area (Å²) in [6, 6.07) is 8.11. The first kappa shape index (κ1) is 16.9. The van der Waals surface area contributed by atoms with Gasteiger partial charge in [0.15, 0.2) is 0 Å². The Labute approximate surface area is 137 Å². The van der Waals surface area contributed by atoms with Crippen LogP contribution >= 0.6 is 0 Å². The van der Waals surface area contributed by atoms with Crippen molar-refractivity contribution in [3.63, 3.8) is 0 Å². The van der Waals surface area contributed by atoms with Crippen LogP contribution in [-0.4, -0.2) is 64.8 Å². The van der Waals surface area contributed by atoms with Gasteiger partial charge in [-0.05, 0) is 30.4 Å². The van der Waals surface area contributed by atoms with E-state index >= 15 is 0 Å². The fourth-order valence-electron chi connectivity index (χ4n) is 3.87. The van der Waals surface area contributed by atoms with Crippen LogP contribution in [0.5, 0.6) is 0 Å². The van der Waals surface area contributed by atoms with E-state index in [-0.39, 0.29) is 12.6 Å². The average Bonchev–Trinajstić information content (AvgIpc) is 2.54. The normalized spacial score (nSPS) is 25.8. The standard InChI is InChI=1S/C18H27NO4/c20-13-17-16-4-2-1-3-14(16)5-8-19(17)12-15(21)11-18(22)6-9-23-10-7-18/h1-4,15,17,20-22H,5-13H2. The zero-order valence-corrected chi connectivity index (χ0v) is 13.5. The van der Waals surface area contributed by atoms with Gasteiger partial charge in [-0.1, -0.05) is 24.3 Å². The predicted octanol–water partition coefficient (Wildman–Crippen LogP) is 0.871. The maximum Gasteiger partial charge on any atom is 0.0716 e. The first-order valence-corrected chi connectivity index (χ1v) is 8.52. The molecular weight excluding hydrogens is 294 g/mol. The summed E-state index contributed by atoms with van der Waals surface area (Å²) < 4.78 is 5.28. The summed E-state index contributed by atoms with van der Waals surface area (Å²) in [7, 11) is 0. The largest absolute Gasteiger partial charge is 0.394 e. The Morgan fingerprint density at radius 1 is 1.26 bits per heavy atom. The Kier molecular flexibility index (Phi) is 5.34. The molecule has 3 N–H and O–H groups in total. The fourth-order valence-corrected chi connectivity index (χ4v) is 3.87. The molecule has 23 heavy (non-hydrogen) atoms. The second-order valence-corrected chi connectivity index (χ2v) is 6.84. The van der Waals surface area contributed by atoms with Crippen molar-refractivity contribution in [3.8, 4) is 0 Å². The van der Waals surface area contributed by atoms with Crippen molar-refractivity contribution in [2.45, 2.75) is 43.4 Å². The Morgan fingerprint density at radius 3 is 2.74 bits per heavy atom. The lowest BCUT2D eigenvalue weighted by atomic mass is 9.87. The highest BCUT2D eigenvalue weighted by atomic mass is 16.5. The van der Waals surface area contributed by atoms with Crippen LogP contribution < -0.4 is 0 Å². The molecule has 0 aromatic heterocycles. The highest BCUT2D eigenvalue weighted by Gasteiger charge is 2.34. The van der Waals surface area contributed by atoms with Gasteiger partial charge in [0.2, 0.25) is 0 Å². The maximum absolute atomic E-state index is 10.5. The molecule has 0 saturated carbocycles. The summed E-state index contributed by atoms with van der Waals surface area (Å²) in [5.74, 6) is 0. The van der Waals surface area contributed by atoms with Gasteiger partial charge in [0.05, 0.1) is 24.4 Å². The number of ether oxygens (including phenoxy) is 1. The molecule has 1 aromatic rings. The van der Waals surface area contributed by atoms with Crippen molar-refractivity contribution in [1.82, 2.24) is 4.90 Å². The summed E-state index contributed by atoms with van der Waals surface area (Å²) in [5.41, 5.74) is 1.61. The van der Waals surface area contributed by atoms with Gasteiger partial charge in [-0.3, -0.25) is 4.90 Å². The monoisotopic (exact) mass is 321 g/mol. The van der Waals surface area contributed by atoms with Gasteiger partial charge in [-0.25, -0.2) is 0 Å². The van der Waals surface area contributed by atoms with Gasteiger partial charge in [-0.15, -0.1) is 0 Å². The first-order chi connectivity index (χ1) is 11.1. The summed E-state index contributed by atoms with van der Waals surface area (Å²) in [5, 5.41) is 30.8. The van der Waals surface area contributed by atoms with Crippen molar-refractivity contribution in [3.05, 3.63) is 35.4 Å². The zero-order chi connectivity index (χ0) is 16.3. The van der Waals surface area contributed by atoms with Crippen molar-refractivity contribution >= 4 is 0 Å². The lowest BCUT2D eigenvalue weighted by molar-refractivity contribution is -0.0913. The molecule has 1 saturated heterocycles. The summed E-state index contributed by atoms with van der Waals surface area (Å²) in [4.78, 5) is 2.13. The third kappa shape index (κ3) is 3.92. The molecule has 2 unspecified atom stereocenters. The second kappa shape index (κ2) is 7.28. The van der Waals surface area contributed by atoms with E-state index in [9.17, 15) is 15.3 Å². The molecule has 3 rings (SSSR count). The van der Waals surface area contributed by atoms with E-state index in [1.807, 2.05) is 12.1 Å². The number of aliphatic hydroxyl groups is 3. The minimum absolute atomic E-state index is 0.0435. The van der Waals surface area contributed by atoms with Crippen molar-refractivity contribution < 1.29 is 20.1 Å². The van der Waals surface area contributed by atoms with Crippen LogP contribution in [0.15, 0.2) is 24.3 Å². The molecule has 0 spiro atoms. The van der Waals surface area contributed by atoms with Crippen LogP contribution in [0.4, 0.5) is 0 Å². The van der Waals surface area contributed by atoms with Gasteiger partial charge in [0.25, 0.3) is 0 Å². The summed E-state index contributed by atoms with van der Waals surface area (Å²) >= 11 is 0. The molecule has 1 fully saturated rings. The van der Waals surface area contributed by atoms with Crippen LogP contribution in [0, 0.1) is 0 Å². The second-order valence-electron chi connectivity index (χ2n) is 6.84. The molecule has 0 aliphatic carbocycles. The number of benzene rings is 1. The van der Waals surface area contributed by atoms with Gasteiger partial charge >= 0.3 is 0 Å². The Balaban J connectivity index is 1.63. The Hall–Kier alpha value is -0.980. The number of nitrogens with zero attached hydrogens (tertiary/aromatic N) is 1. The minimum atomic E-state index is -0.819. The van der Waals surface area contributed by atoms with Gasteiger partial charge in [0.1, 0.15) is 0 Å². The first-order valence-electron chi connectivity index (χ1n) is 8.52. The smallest absolute Gasteiger partial charge is 0.0716 e. The van der Waals surface area contributed by atoms with E-state index in [4.69, 9.17) is 4.74 Å². The van der Waals surface area contributed by atoms with Crippen LogP contribution in [-0.2, 0) is 11.2 Å². The number of hydrogen-bond donors (Lipinski definition) is 3. The summed E-state index contributed by atoms with van der Waals surface area (Å²) in [6.45, 7) is 2.45. The molecule has 2 aliphatic heterocycles. The van der Waals surface area contributed by atoms with E-state index in [0.29, 0.717) is 39.0 Å². The maximum atomic E-state index is 10.5. The topological polar surface area (TPSA) is 73.2 Å². The van der Waals surface area contributed by atoms with Gasteiger partial charge in [-0.2, -0.15) is 0 Å². The molecule has 0 radical (unpaired) electrons. The van der Waals surface area contributed by atoms with Crippen molar-refractivity contribution in [2.75, 3.05) is 32.9 Å². The molecule has 128 valence electrons. The van der Waals surface area contributed by atoms with E-state index in [2.05, 4.69) is 17.0 Å². The molecule has 2 atom stereocenters. The molecule has 2 heterocycles. The number of hydrogen-bond acceptors (Lipinski definition) is 5. The molecule has 1 aromatic carbocycles. The van der Waals surface area contributed by atoms with E-state index in [0.717, 1.165) is 18.5 Å². The average molecular weight is 321 g/mol. The predicted molar refractivity (Wildman–Crippen MR) is 87.2 cm³/mol. The molecule has 0 bridgehead atoms. The highest BCUT2D eigenvalue weighted by Crippen LogP contribution is 2.31. The quantitative estimate of drug-likeness (QED) is 0.750. The zero-order valence-electron chi connectivity index (χ0n) is 13.5. The minimum Gasteiger partial charge on any atom is -0.394 e. The Morgan fingerprint density at radius 2 is 2.00 bits per heavy atom. The van der Waals surface area contributed by atoms with Crippen LogP contribution in [0.2, 0.25) is 0 Å². The third-order valence-electron chi connectivity index (χ3n) is 5.18. The fraction of sp³-hybridized carbons (Fsp3) is 0.667. The number of aliphatic hydroxyl groups excluding tert-OH is 2. The van der Waals surface area contributed by atoms with Crippen LogP contribution in [0.25, 0.3) is 0 Å². The number of fused-ring (bicyclic) bond motifs is 1. The molecule has 5 nitrogen and oxygen atoms in total. The van der Waals surface area contributed by atoms with E-state index in [1.165, 1.54) is 5.56 Å². The van der Waals surface area contributed by atoms with Gasteiger partial charge < -0.3 is 20.1 Å². The van der Waals surface area contributed by atoms with Gasteiger partial charge in [0, 0.05) is 32.7 Å².